The van der Waals surface area contributed by atoms with Gasteiger partial charge in [0.1, 0.15) is 5.60 Å². The summed E-state index contributed by atoms with van der Waals surface area (Å²) in [5, 5.41) is 10.1. The van der Waals surface area contributed by atoms with E-state index in [1.54, 1.807) is 20.8 Å². The van der Waals surface area contributed by atoms with Crippen LogP contribution >= 0.6 is 0 Å². The molecule has 0 radical (unpaired) electrons. The second-order valence-electron chi connectivity index (χ2n) is 6.08. The number of carbonyl (C=O) groups is 1. The molecule has 2 atom stereocenters. The molecule has 0 aromatic rings. The van der Waals surface area contributed by atoms with Crippen molar-refractivity contribution in [1.29, 1.82) is 0 Å². The summed E-state index contributed by atoms with van der Waals surface area (Å²) in [5.41, 5.74) is -2.19. The second kappa shape index (κ2) is 6.11. The summed E-state index contributed by atoms with van der Waals surface area (Å²) in [7, 11) is 0. The van der Waals surface area contributed by atoms with Gasteiger partial charge in [-0.3, -0.25) is 4.79 Å². The zero-order valence-corrected chi connectivity index (χ0v) is 12.1. The molecule has 6 heteroatoms. The average Bonchev–Trinajstić information content (AvgIpc) is 2.11. The van der Waals surface area contributed by atoms with E-state index in [9.17, 15) is 23.1 Å². The molecule has 0 saturated carbocycles. The van der Waals surface area contributed by atoms with E-state index in [0.29, 0.717) is 0 Å². The van der Waals surface area contributed by atoms with Gasteiger partial charge in [-0.1, -0.05) is 0 Å². The maximum absolute atomic E-state index is 12.0. The van der Waals surface area contributed by atoms with Crippen molar-refractivity contribution < 1.29 is 27.8 Å². The Morgan fingerprint density at radius 3 is 2.00 bits per heavy atom. The second-order valence-corrected chi connectivity index (χ2v) is 6.08. The molecule has 114 valence electrons. The third-order valence-corrected chi connectivity index (χ3v) is 2.84. The van der Waals surface area contributed by atoms with E-state index < -0.39 is 35.7 Å². The highest BCUT2D eigenvalue weighted by molar-refractivity contribution is 5.73. The molecule has 0 aromatic carbocycles. The Morgan fingerprint density at radius 1 is 1.16 bits per heavy atom. The lowest BCUT2D eigenvalue weighted by atomic mass is 9.86. The summed E-state index contributed by atoms with van der Waals surface area (Å²) in [6, 6.07) is 0. The van der Waals surface area contributed by atoms with Crippen LogP contribution in [-0.4, -0.2) is 28.5 Å². The molecule has 19 heavy (non-hydrogen) atoms. The van der Waals surface area contributed by atoms with E-state index in [1.807, 2.05) is 0 Å². The number of aliphatic hydroxyl groups is 1. The number of ether oxygens (including phenoxy) is 1. The first-order valence-electron chi connectivity index (χ1n) is 6.26. The zero-order valence-electron chi connectivity index (χ0n) is 12.1. The first-order chi connectivity index (χ1) is 8.25. The van der Waals surface area contributed by atoms with Crippen molar-refractivity contribution >= 4 is 5.97 Å². The number of carbonyl (C=O) groups excluding carboxylic acids is 1. The molecule has 0 spiro atoms. The maximum Gasteiger partial charge on any atom is 0.389 e. The summed E-state index contributed by atoms with van der Waals surface area (Å²) < 4.78 is 41.2. The van der Waals surface area contributed by atoms with Crippen LogP contribution in [0, 0.1) is 5.92 Å². The predicted octanol–water partition coefficient (Wildman–Crippen LogP) is 3.45. The molecule has 0 saturated heterocycles. The largest absolute Gasteiger partial charge is 0.460 e. The Hall–Kier alpha value is -0.780. The zero-order chi connectivity index (χ0) is 15.5. The summed E-state index contributed by atoms with van der Waals surface area (Å²) >= 11 is 0. The molecule has 3 nitrogen and oxygen atoms in total. The number of hydrogen-bond acceptors (Lipinski definition) is 3. The van der Waals surface area contributed by atoms with Gasteiger partial charge in [-0.15, -0.1) is 0 Å². The minimum atomic E-state index is -4.24. The molecular weight excluding hydrogens is 261 g/mol. The van der Waals surface area contributed by atoms with E-state index in [2.05, 4.69) is 0 Å². The number of hydrogen-bond donors (Lipinski definition) is 1. The maximum atomic E-state index is 12.0. The Kier molecular flexibility index (Phi) is 5.86. The lowest BCUT2D eigenvalue weighted by Gasteiger charge is -2.31. The molecule has 0 bridgehead atoms. The van der Waals surface area contributed by atoms with E-state index in [0.717, 1.165) is 0 Å². The molecule has 0 aromatic heterocycles. The molecule has 2 unspecified atom stereocenters. The predicted molar refractivity (Wildman–Crippen MR) is 65.5 cm³/mol. The molecule has 0 amide bonds. The minimum absolute atomic E-state index is 0.104. The Bertz CT molecular complexity index is 303. The normalized spacial score (nSPS) is 17.7. The van der Waals surface area contributed by atoms with Crippen molar-refractivity contribution in [2.75, 3.05) is 0 Å². The summed E-state index contributed by atoms with van der Waals surface area (Å²) in [4.78, 5) is 11.8. The van der Waals surface area contributed by atoms with E-state index in [1.165, 1.54) is 13.8 Å². The van der Waals surface area contributed by atoms with Gasteiger partial charge in [-0.25, -0.2) is 0 Å². The highest BCUT2D eigenvalue weighted by Crippen LogP contribution is 2.29. The van der Waals surface area contributed by atoms with Crippen LogP contribution in [0.5, 0.6) is 0 Å². The monoisotopic (exact) mass is 284 g/mol. The topological polar surface area (TPSA) is 46.5 Å². The average molecular weight is 284 g/mol. The molecule has 0 aliphatic rings. The van der Waals surface area contributed by atoms with Crippen LogP contribution in [-0.2, 0) is 9.53 Å². The van der Waals surface area contributed by atoms with Gasteiger partial charge in [0, 0.05) is 6.42 Å². The van der Waals surface area contributed by atoms with Gasteiger partial charge in [-0.2, -0.15) is 13.2 Å². The third-order valence-electron chi connectivity index (χ3n) is 2.84. The van der Waals surface area contributed by atoms with Crippen molar-refractivity contribution in [3.8, 4) is 0 Å². The van der Waals surface area contributed by atoms with Gasteiger partial charge in [-0.05, 0) is 47.5 Å². The van der Waals surface area contributed by atoms with Gasteiger partial charge in [0.2, 0.25) is 0 Å². The first kappa shape index (κ1) is 18.2. The Morgan fingerprint density at radius 2 is 1.63 bits per heavy atom. The van der Waals surface area contributed by atoms with Crippen LogP contribution in [0.15, 0.2) is 0 Å². The number of alkyl halides is 3. The smallest absolute Gasteiger partial charge is 0.389 e. The van der Waals surface area contributed by atoms with Gasteiger partial charge in [0.15, 0.2) is 0 Å². The lowest BCUT2D eigenvalue weighted by molar-refractivity contribution is -0.169. The van der Waals surface area contributed by atoms with Crippen LogP contribution in [0.2, 0.25) is 0 Å². The van der Waals surface area contributed by atoms with Gasteiger partial charge >= 0.3 is 12.1 Å². The van der Waals surface area contributed by atoms with Crippen LogP contribution in [0.1, 0.15) is 53.9 Å². The van der Waals surface area contributed by atoms with E-state index in [-0.39, 0.29) is 12.8 Å². The molecule has 0 fully saturated rings. The fraction of sp³-hybridized carbons (Fsp3) is 0.923. The number of esters is 1. The van der Waals surface area contributed by atoms with Crippen LogP contribution in [0.3, 0.4) is 0 Å². The van der Waals surface area contributed by atoms with Crippen molar-refractivity contribution in [3.05, 3.63) is 0 Å². The van der Waals surface area contributed by atoms with Crippen LogP contribution in [0.25, 0.3) is 0 Å². The molecular formula is C13H23F3O3. The van der Waals surface area contributed by atoms with Crippen molar-refractivity contribution in [3.63, 3.8) is 0 Å². The van der Waals surface area contributed by atoms with Gasteiger partial charge in [0.25, 0.3) is 0 Å². The summed E-state index contributed by atoms with van der Waals surface area (Å²) in [6.07, 6.45) is -5.54. The fourth-order valence-corrected chi connectivity index (χ4v) is 1.51. The Balaban J connectivity index is 4.43. The number of rotatable bonds is 5. The summed E-state index contributed by atoms with van der Waals surface area (Å²) in [6.45, 7) is 7.89. The minimum Gasteiger partial charge on any atom is -0.460 e. The van der Waals surface area contributed by atoms with Crippen molar-refractivity contribution in [2.45, 2.75) is 71.3 Å². The van der Waals surface area contributed by atoms with Gasteiger partial charge in [0.05, 0.1) is 11.5 Å². The highest BCUT2D eigenvalue weighted by atomic mass is 19.4. The third kappa shape index (κ3) is 8.08. The number of halogens is 3. The molecule has 0 aliphatic carbocycles. The van der Waals surface area contributed by atoms with Crippen LogP contribution in [0.4, 0.5) is 13.2 Å². The van der Waals surface area contributed by atoms with Gasteiger partial charge < -0.3 is 9.84 Å². The van der Waals surface area contributed by atoms with Crippen molar-refractivity contribution in [2.24, 2.45) is 5.92 Å². The van der Waals surface area contributed by atoms with E-state index >= 15 is 0 Å². The first-order valence-corrected chi connectivity index (χ1v) is 6.26. The molecule has 0 heterocycles. The quantitative estimate of drug-likeness (QED) is 0.787. The molecule has 1 N–H and O–H groups in total. The summed E-state index contributed by atoms with van der Waals surface area (Å²) in [5.74, 6) is -1.48. The fourth-order valence-electron chi connectivity index (χ4n) is 1.51. The SMILES string of the molecule is CC(C(=O)OC(C)(C)C)C(C)(O)CCCC(F)(F)F. The molecule has 0 aliphatic heterocycles. The Labute approximate surface area is 112 Å². The molecule has 0 rings (SSSR count). The lowest BCUT2D eigenvalue weighted by Crippen LogP contribution is -2.41. The van der Waals surface area contributed by atoms with E-state index in [4.69, 9.17) is 4.74 Å². The van der Waals surface area contributed by atoms with Crippen LogP contribution < -0.4 is 0 Å². The highest BCUT2D eigenvalue weighted by Gasteiger charge is 2.37. The van der Waals surface area contributed by atoms with Crippen molar-refractivity contribution in [1.82, 2.24) is 0 Å². The standard InChI is InChI=1S/C13H23F3O3/c1-9(10(17)19-11(2,3)4)12(5,18)7-6-8-13(14,15)16/h9,18H,6-8H2,1-5H3.